The van der Waals surface area contributed by atoms with Crippen molar-refractivity contribution in [1.29, 1.82) is 0 Å². The summed E-state index contributed by atoms with van der Waals surface area (Å²) in [7, 11) is 2.88. The molecule has 0 bridgehead atoms. The highest BCUT2D eigenvalue weighted by Crippen LogP contribution is 1.79. The number of nitrogens with one attached hydrogen (secondary N) is 2. The molecule has 0 atom stereocenters. The van der Waals surface area contributed by atoms with Crippen LogP contribution in [0.15, 0.2) is 12.3 Å². The molecular weight excluding hydrogens is 212 g/mol. The van der Waals surface area contributed by atoms with Crippen LogP contribution in [0.1, 0.15) is 6.42 Å². The van der Waals surface area contributed by atoms with Gasteiger partial charge in [0.25, 0.3) is 0 Å². The minimum absolute atomic E-state index is 0.0592. The molecule has 0 aliphatic rings. The van der Waals surface area contributed by atoms with E-state index in [0.717, 1.165) is 0 Å². The van der Waals surface area contributed by atoms with E-state index in [-0.39, 0.29) is 5.91 Å². The zero-order valence-electron chi connectivity index (χ0n) is 9.62. The number of methoxy groups -OCH3 is 2. The van der Waals surface area contributed by atoms with Crippen LogP contribution in [-0.2, 0) is 19.1 Å². The van der Waals surface area contributed by atoms with Gasteiger partial charge in [-0.1, -0.05) is 0 Å². The van der Waals surface area contributed by atoms with Crippen LogP contribution < -0.4 is 10.6 Å². The van der Waals surface area contributed by atoms with Crippen molar-refractivity contribution in [2.24, 2.45) is 0 Å². The number of esters is 1. The van der Waals surface area contributed by atoms with Crippen LogP contribution in [0.5, 0.6) is 0 Å². The highest BCUT2D eigenvalue weighted by Gasteiger charge is 1.98. The Labute approximate surface area is 95.0 Å². The van der Waals surface area contributed by atoms with E-state index in [0.29, 0.717) is 26.1 Å². The fourth-order valence-electron chi connectivity index (χ4n) is 0.845. The first kappa shape index (κ1) is 14.4. The first-order valence-electron chi connectivity index (χ1n) is 4.94. The van der Waals surface area contributed by atoms with Gasteiger partial charge in [-0.05, 0) is 0 Å². The van der Waals surface area contributed by atoms with Crippen LogP contribution in [0.4, 0.5) is 0 Å². The van der Waals surface area contributed by atoms with Crippen LogP contribution in [0.3, 0.4) is 0 Å². The average molecular weight is 230 g/mol. The number of rotatable bonds is 8. The molecule has 1 amide bonds. The van der Waals surface area contributed by atoms with Crippen LogP contribution in [0, 0.1) is 0 Å². The minimum atomic E-state index is -0.433. The van der Waals surface area contributed by atoms with Crippen LogP contribution in [0.2, 0.25) is 0 Å². The largest absolute Gasteiger partial charge is 0.466 e. The second-order valence-corrected chi connectivity index (χ2v) is 2.90. The molecule has 2 N–H and O–H groups in total. The van der Waals surface area contributed by atoms with Gasteiger partial charge in [0, 0.05) is 38.9 Å². The first-order chi connectivity index (χ1) is 7.70. The van der Waals surface area contributed by atoms with Crippen molar-refractivity contribution in [3.63, 3.8) is 0 Å². The number of carbonyl (C=O) groups excluding carboxylic acids is 2. The Morgan fingerprint density at radius 3 is 2.62 bits per heavy atom. The Morgan fingerprint density at radius 2 is 2.00 bits per heavy atom. The molecule has 0 saturated carbocycles. The number of ether oxygens (including phenoxy) is 2. The first-order valence-corrected chi connectivity index (χ1v) is 4.94. The lowest BCUT2D eigenvalue weighted by Crippen LogP contribution is -2.29. The zero-order valence-corrected chi connectivity index (χ0v) is 9.62. The molecule has 6 nitrogen and oxygen atoms in total. The molecular formula is C10H18N2O4. The topological polar surface area (TPSA) is 76.7 Å². The zero-order chi connectivity index (χ0) is 12.2. The summed E-state index contributed by atoms with van der Waals surface area (Å²) in [6, 6.07) is 0. The molecule has 0 aliphatic heterocycles. The van der Waals surface area contributed by atoms with Crippen LogP contribution in [-0.4, -0.2) is 45.8 Å². The van der Waals surface area contributed by atoms with Gasteiger partial charge in [-0.3, -0.25) is 4.79 Å². The summed E-state index contributed by atoms with van der Waals surface area (Å²) in [5.41, 5.74) is 0. The van der Waals surface area contributed by atoms with Crippen molar-refractivity contribution < 1.29 is 19.1 Å². The van der Waals surface area contributed by atoms with Gasteiger partial charge in [0.1, 0.15) is 0 Å². The Kier molecular flexibility index (Phi) is 9.00. The van der Waals surface area contributed by atoms with Crippen LogP contribution in [0.25, 0.3) is 0 Å². The van der Waals surface area contributed by atoms with E-state index in [2.05, 4.69) is 15.4 Å². The molecule has 6 heteroatoms. The van der Waals surface area contributed by atoms with Crippen molar-refractivity contribution in [3.8, 4) is 0 Å². The van der Waals surface area contributed by atoms with Crippen molar-refractivity contribution >= 4 is 11.9 Å². The average Bonchev–Trinajstić information content (AvgIpc) is 2.28. The summed E-state index contributed by atoms with van der Waals surface area (Å²) in [6.07, 6.45) is 3.05. The summed E-state index contributed by atoms with van der Waals surface area (Å²) in [6.45, 7) is 1.47. The monoisotopic (exact) mass is 230 g/mol. The maximum Gasteiger partial charge on any atom is 0.331 e. The van der Waals surface area contributed by atoms with Crippen molar-refractivity contribution in [3.05, 3.63) is 12.3 Å². The second-order valence-electron chi connectivity index (χ2n) is 2.90. The van der Waals surface area contributed by atoms with Crippen LogP contribution >= 0.6 is 0 Å². The lowest BCUT2D eigenvalue weighted by molar-refractivity contribution is -0.134. The molecule has 0 aromatic carbocycles. The van der Waals surface area contributed by atoms with E-state index < -0.39 is 5.97 Å². The lowest BCUT2D eigenvalue weighted by atomic mass is 10.4. The summed E-state index contributed by atoms with van der Waals surface area (Å²) in [5.74, 6) is -0.493. The number of amides is 1. The highest BCUT2D eigenvalue weighted by molar-refractivity contribution is 5.81. The Hall–Kier alpha value is -1.56. The van der Waals surface area contributed by atoms with E-state index in [4.69, 9.17) is 4.74 Å². The van der Waals surface area contributed by atoms with E-state index in [1.54, 1.807) is 7.11 Å². The summed E-state index contributed by atoms with van der Waals surface area (Å²) >= 11 is 0. The van der Waals surface area contributed by atoms with Crippen molar-refractivity contribution in [2.45, 2.75) is 6.42 Å². The molecule has 16 heavy (non-hydrogen) atoms. The van der Waals surface area contributed by atoms with E-state index in [1.165, 1.54) is 19.4 Å². The fraction of sp³-hybridized carbons (Fsp3) is 0.600. The quantitative estimate of drug-likeness (QED) is 0.331. The van der Waals surface area contributed by atoms with Gasteiger partial charge in [-0.25, -0.2) is 4.79 Å². The number of hydrogen-bond acceptors (Lipinski definition) is 5. The molecule has 0 fully saturated rings. The summed E-state index contributed by atoms with van der Waals surface area (Å²) in [4.78, 5) is 21.8. The maximum atomic E-state index is 11.1. The maximum absolute atomic E-state index is 11.1. The molecule has 0 spiro atoms. The second kappa shape index (κ2) is 9.97. The third-order valence-corrected chi connectivity index (χ3v) is 1.66. The molecule has 0 saturated heterocycles. The van der Waals surface area contributed by atoms with Crippen molar-refractivity contribution in [1.82, 2.24) is 10.6 Å². The lowest BCUT2D eigenvalue weighted by Gasteiger charge is -2.04. The summed E-state index contributed by atoms with van der Waals surface area (Å²) in [5, 5.41) is 5.47. The van der Waals surface area contributed by atoms with Gasteiger partial charge in [-0.15, -0.1) is 0 Å². The molecule has 0 aromatic heterocycles. The fourth-order valence-corrected chi connectivity index (χ4v) is 0.845. The third kappa shape index (κ3) is 9.01. The predicted molar refractivity (Wildman–Crippen MR) is 58.7 cm³/mol. The van der Waals surface area contributed by atoms with Gasteiger partial charge in [0.05, 0.1) is 13.7 Å². The molecule has 0 heterocycles. The molecule has 92 valence electrons. The van der Waals surface area contributed by atoms with Gasteiger partial charge in [0.2, 0.25) is 5.91 Å². The van der Waals surface area contributed by atoms with Gasteiger partial charge in [0.15, 0.2) is 0 Å². The Balaban J connectivity index is 3.40. The Morgan fingerprint density at radius 1 is 1.25 bits per heavy atom. The van der Waals surface area contributed by atoms with Crippen molar-refractivity contribution in [2.75, 3.05) is 33.9 Å². The van der Waals surface area contributed by atoms with E-state index in [9.17, 15) is 9.59 Å². The minimum Gasteiger partial charge on any atom is -0.466 e. The summed E-state index contributed by atoms with van der Waals surface area (Å²) < 4.78 is 9.17. The standard InChI is InChI=1S/C10H18N2O4/c1-15-8-7-12-9(13)3-5-11-6-4-10(14)16-2/h4,6,11H,3,5,7-8H2,1-2H3,(H,12,13)/b6-4+. The SMILES string of the molecule is COCCNC(=O)CCN/C=C/C(=O)OC. The molecule has 0 aromatic rings. The predicted octanol–water partition coefficient (Wildman–Crippen LogP) is -0.585. The van der Waals surface area contributed by atoms with E-state index >= 15 is 0 Å². The number of hydrogen-bond donors (Lipinski definition) is 2. The third-order valence-electron chi connectivity index (χ3n) is 1.66. The molecule has 0 unspecified atom stereocenters. The molecule has 0 radical (unpaired) electrons. The normalized spacial score (nSPS) is 10.1. The highest BCUT2D eigenvalue weighted by atomic mass is 16.5. The Bertz CT molecular complexity index is 241. The number of carbonyl (C=O) groups is 2. The van der Waals surface area contributed by atoms with Gasteiger partial charge in [-0.2, -0.15) is 0 Å². The smallest absolute Gasteiger partial charge is 0.331 e. The van der Waals surface area contributed by atoms with Gasteiger partial charge < -0.3 is 20.1 Å². The van der Waals surface area contributed by atoms with Gasteiger partial charge >= 0.3 is 5.97 Å². The van der Waals surface area contributed by atoms with E-state index in [1.807, 2.05) is 0 Å². The molecule has 0 aliphatic carbocycles. The molecule has 0 rings (SSSR count).